The lowest BCUT2D eigenvalue weighted by atomic mass is 10.1. The van der Waals surface area contributed by atoms with E-state index < -0.39 is 0 Å². The van der Waals surface area contributed by atoms with Crippen molar-refractivity contribution in [2.24, 2.45) is 0 Å². The van der Waals surface area contributed by atoms with E-state index in [9.17, 15) is 10.1 Å². The number of hydrogen-bond donors (Lipinski definition) is 0. The van der Waals surface area contributed by atoms with Gasteiger partial charge in [-0.05, 0) is 30.9 Å². The Kier molecular flexibility index (Phi) is 3.96. The minimum atomic E-state index is -0.237. The van der Waals surface area contributed by atoms with Crippen LogP contribution in [-0.4, -0.2) is 9.55 Å². The van der Waals surface area contributed by atoms with E-state index in [2.05, 4.69) is 11.1 Å². The van der Waals surface area contributed by atoms with Crippen LogP contribution in [-0.2, 0) is 0 Å². The van der Waals surface area contributed by atoms with Gasteiger partial charge in [0, 0.05) is 18.0 Å². The number of para-hydroxylation sites is 1. The molecule has 2 aromatic heterocycles. The molecule has 0 amide bonds. The summed E-state index contributed by atoms with van der Waals surface area (Å²) in [4.78, 5) is 16.6. The number of rotatable bonds is 2. The first-order valence-electron chi connectivity index (χ1n) is 7.61. The molecule has 1 aliphatic carbocycles. The minimum absolute atomic E-state index is 0.0751. The second-order valence-electron chi connectivity index (χ2n) is 5.91. The average molecular weight is 391 g/mol. The molecule has 7 heteroatoms. The molecule has 1 saturated carbocycles. The van der Waals surface area contributed by atoms with Crippen LogP contribution < -0.4 is 5.43 Å². The van der Waals surface area contributed by atoms with Crippen LogP contribution in [0.25, 0.3) is 16.6 Å². The van der Waals surface area contributed by atoms with Gasteiger partial charge in [-0.3, -0.25) is 4.79 Å². The maximum atomic E-state index is 12.6. The Balaban J connectivity index is 2.27. The smallest absolute Gasteiger partial charge is 0.192 e. The van der Waals surface area contributed by atoms with E-state index in [1.165, 1.54) is 6.20 Å². The molecule has 0 bridgehead atoms. The van der Waals surface area contributed by atoms with Crippen LogP contribution >= 0.6 is 34.8 Å². The summed E-state index contributed by atoms with van der Waals surface area (Å²) < 4.78 is 1.80. The van der Waals surface area contributed by atoms with Crippen LogP contribution in [0.3, 0.4) is 0 Å². The molecule has 3 aromatic rings. The summed E-state index contributed by atoms with van der Waals surface area (Å²) in [7, 11) is 0. The predicted octanol–water partition coefficient (Wildman–Crippen LogP) is 5.09. The Bertz CT molecular complexity index is 1130. The van der Waals surface area contributed by atoms with Crippen molar-refractivity contribution < 1.29 is 0 Å². The van der Waals surface area contributed by atoms with Crippen molar-refractivity contribution in [2.75, 3.05) is 0 Å². The molecule has 1 fully saturated rings. The summed E-state index contributed by atoms with van der Waals surface area (Å²) in [5, 5.41) is 10.5. The normalized spacial score (nSPS) is 13.8. The third kappa shape index (κ3) is 2.60. The number of nitrogens with zero attached hydrogens (tertiary/aromatic N) is 3. The highest BCUT2D eigenvalue weighted by atomic mass is 35.5. The summed E-state index contributed by atoms with van der Waals surface area (Å²) in [5.74, 6) is 0.225. The van der Waals surface area contributed by atoms with Gasteiger partial charge >= 0.3 is 0 Å². The fourth-order valence-corrected chi connectivity index (χ4v) is 3.76. The van der Waals surface area contributed by atoms with Crippen LogP contribution in [0.15, 0.2) is 35.3 Å². The van der Waals surface area contributed by atoms with Gasteiger partial charge in [0.05, 0.1) is 32.2 Å². The maximum absolute atomic E-state index is 12.6. The van der Waals surface area contributed by atoms with E-state index in [1.54, 1.807) is 28.8 Å². The van der Waals surface area contributed by atoms with Gasteiger partial charge in [0.25, 0.3) is 0 Å². The van der Waals surface area contributed by atoms with Gasteiger partial charge in [0.1, 0.15) is 11.2 Å². The molecular weight excluding hydrogens is 381 g/mol. The summed E-state index contributed by atoms with van der Waals surface area (Å²) >= 11 is 19.0. The van der Waals surface area contributed by atoms with Crippen LogP contribution in [0.5, 0.6) is 0 Å². The summed E-state index contributed by atoms with van der Waals surface area (Å²) in [6.45, 7) is 0. The van der Waals surface area contributed by atoms with E-state index in [0.717, 1.165) is 18.5 Å². The SMILES string of the molecule is N#Cc1cccc(Cl)c1-n1c(C2CC2)cc(=O)c2c(Cl)ncc(Cl)c21. The zero-order chi connectivity index (χ0) is 17.7. The molecule has 2 heterocycles. The first kappa shape index (κ1) is 16.4. The Hall–Kier alpha value is -2.06. The lowest BCUT2D eigenvalue weighted by molar-refractivity contribution is 0.924. The van der Waals surface area contributed by atoms with Crippen LogP contribution in [0.4, 0.5) is 0 Å². The molecule has 1 aliphatic rings. The van der Waals surface area contributed by atoms with Crippen molar-refractivity contribution in [1.29, 1.82) is 5.26 Å². The van der Waals surface area contributed by atoms with Crippen LogP contribution in [0.2, 0.25) is 15.2 Å². The molecule has 0 atom stereocenters. The zero-order valence-electron chi connectivity index (χ0n) is 12.8. The van der Waals surface area contributed by atoms with E-state index in [-0.39, 0.29) is 26.9 Å². The van der Waals surface area contributed by atoms with E-state index in [1.807, 2.05) is 0 Å². The molecule has 0 unspecified atom stereocenters. The Morgan fingerprint density at radius 1 is 1.20 bits per heavy atom. The number of hydrogen-bond acceptors (Lipinski definition) is 3. The molecular formula is C18H10Cl3N3O. The predicted molar refractivity (Wildman–Crippen MR) is 99.1 cm³/mol. The minimum Gasteiger partial charge on any atom is -0.309 e. The molecule has 4 nitrogen and oxygen atoms in total. The highest BCUT2D eigenvalue weighted by Gasteiger charge is 2.30. The maximum Gasteiger partial charge on any atom is 0.192 e. The van der Waals surface area contributed by atoms with Crippen molar-refractivity contribution >= 4 is 45.7 Å². The molecule has 0 radical (unpaired) electrons. The van der Waals surface area contributed by atoms with Gasteiger partial charge in [-0.25, -0.2) is 4.98 Å². The van der Waals surface area contributed by atoms with Crippen molar-refractivity contribution in [3.8, 4) is 11.8 Å². The van der Waals surface area contributed by atoms with Gasteiger partial charge < -0.3 is 4.57 Å². The monoisotopic (exact) mass is 389 g/mol. The largest absolute Gasteiger partial charge is 0.309 e. The highest BCUT2D eigenvalue weighted by Crippen LogP contribution is 2.43. The fraction of sp³-hybridized carbons (Fsp3) is 0.167. The number of pyridine rings is 2. The first-order valence-corrected chi connectivity index (χ1v) is 8.75. The quantitative estimate of drug-likeness (QED) is 0.572. The Morgan fingerprint density at radius 2 is 1.96 bits per heavy atom. The highest BCUT2D eigenvalue weighted by molar-refractivity contribution is 6.39. The van der Waals surface area contributed by atoms with E-state index in [0.29, 0.717) is 21.8 Å². The second-order valence-corrected chi connectivity index (χ2v) is 7.08. The first-order chi connectivity index (χ1) is 12.0. The van der Waals surface area contributed by atoms with Gasteiger partial charge in [0.15, 0.2) is 5.43 Å². The lowest BCUT2D eigenvalue weighted by Gasteiger charge is -2.20. The molecule has 0 spiro atoms. The molecule has 0 N–H and O–H groups in total. The van der Waals surface area contributed by atoms with Crippen molar-refractivity contribution in [2.45, 2.75) is 18.8 Å². The topological polar surface area (TPSA) is 58.7 Å². The molecule has 0 aliphatic heterocycles. The lowest BCUT2D eigenvalue weighted by Crippen LogP contribution is -2.15. The van der Waals surface area contributed by atoms with Crippen molar-refractivity contribution in [3.05, 3.63) is 67.1 Å². The van der Waals surface area contributed by atoms with Gasteiger partial charge in [-0.2, -0.15) is 5.26 Å². The standard InChI is InChI=1S/C18H10Cl3N3O/c19-11-3-1-2-10(7-22)16(11)24-13(9-4-5-9)6-14(25)15-17(24)12(20)8-23-18(15)21/h1-3,6,8-9H,4-5H2. The Morgan fingerprint density at radius 3 is 2.64 bits per heavy atom. The summed E-state index contributed by atoms with van der Waals surface area (Å²) in [6, 6.07) is 8.80. The molecule has 25 heavy (non-hydrogen) atoms. The van der Waals surface area contributed by atoms with E-state index in [4.69, 9.17) is 34.8 Å². The molecule has 4 rings (SSSR count). The van der Waals surface area contributed by atoms with Gasteiger partial charge in [0.2, 0.25) is 0 Å². The number of benzene rings is 1. The Labute approximate surface area is 158 Å². The number of halogens is 3. The van der Waals surface area contributed by atoms with Crippen LogP contribution in [0, 0.1) is 11.3 Å². The van der Waals surface area contributed by atoms with Gasteiger partial charge in [-0.1, -0.05) is 40.9 Å². The van der Waals surface area contributed by atoms with Crippen molar-refractivity contribution in [1.82, 2.24) is 9.55 Å². The fourth-order valence-electron chi connectivity index (χ4n) is 3.05. The van der Waals surface area contributed by atoms with E-state index >= 15 is 0 Å². The molecule has 124 valence electrons. The third-order valence-corrected chi connectivity index (χ3v) is 5.16. The molecule has 0 saturated heterocycles. The number of nitriles is 1. The second kappa shape index (κ2) is 6.03. The number of fused-ring (bicyclic) bond motifs is 1. The third-order valence-electron chi connectivity index (χ3n) is 4.29. The summed E-state index contributed by atoms with van der Waals surface area (Å²) in [6.07, 6.45) is 3.34. The average Bonchev–Trinajstić information content (AvgIpc) is 3.43. The van der Waals surface area contributed by atoms with Crippen LogP contribution in [0.1, 0.15) is 30.0 Å². The molecule has 1 aromatic carbocycles. The van der Waals surface area contributed by atoms with Gasteiger partial charge in [-0.15, -0.1) is 0 Å². The summed E-state index contributed by atoms with van der Waals surface area (Å²) in [5.41, 5.74) is 1.87. The zero-order valence-corrected chi connectivity index (χ0v) is 15.0. The number of aromatic nitrogens is 2. The van der Waals surface area contributed by atoms with Crippen molar-refractivity contribution in [3.63, 3.8) is 0 Å².